The molecule has 5 heteroatoms. The minimum atomic E-state index is -0.794. The number of ether oxygens (including phenoxy) is 1. The Morgan fingerprint density at radius 3 is 2.62 bits per heavy atom. The van der Waals surface area contributed by atoms with E-state index in [0.717, 1.165) is 12.8 Å². The van der Waals surface area contributed by atoms with Crippen molar-refractivity contribution in [1.29, 1.82) is 0 Å². The van der Waals surface area contributed by atoms with Gasteiger partial charge in [-0.2, -0.15) is 0 Å². The van der Waals surface area contributed by atoms with Gasteiger partial charge in [-0.3, -0.25) is 4.79 Å². The van der Waals surface area contributed by atoms with E-state index in [0.29, 0.717) is 24.5 Å². The van der Waals surface area contributed by atoms with E-state index in [4.69, 9.17) is 4.74 Å². The van der Waals surface area contributed by atoms with Crippen LogP contribution in [0.15, 0.2) is 24.3 Å². The number of hydrogen-bond donors (Lipinski definition) is 2. The molecule has 1 aliphatic carbocycles. The van der Waals surface area contributed by atoms with Crippen LogP contribution in [0.1, 0.15) is 32.6 Å². The minimum absolute atomic E-state index is 0.141. The lowest BCUT2D eigenvalue weighted by Gasteiger charge is -2.34. The topological polar surface area (TPSA) is 58.6 Å². The Bertz CT molecular complexity index is 467. The van der Waals surface area contributed by atoms with Gasteiger partial charge in [-0.1, -0.05) is 6.92 Å². The molecule has 1 fully saturated rings. The molecular formula is C16H22FNO3. The Morgan fingerprint density at radius 2 is 2.00 bits per heavy atom. The molecular weight excluding hydrogens is 273 g/mol. The van der Waals surface area contributed by atoms with Crippen LogP contribution in [0, 0.1) is 11.7 Å². The van der Waals surface area contributed by atoms with Crippen molar-refractivity contribution in [2.24, 2.45) is 5.92 Å². The zero-order chi connectivity index (χ0) is 15.3. The van der Waals surface area contributed by atoms with E-state index in [1.165, 1.54) is 24.3 Å². The van der Waals surface area contributed by atoms with Gasteiger partial charge < -0.3 is 15.2 Å². The summed E-state index contributed by atoms with van der Waals surface area (Å²) < 4.78 is 18.0. The molecule has 0 aromatic heterocycles. The zero-order valence-corrected chi connectivity index (χ0v) is 12.3. The Labute approximate surface area is 124 Å². The van der Waals surface area contributed by atoms with Crippen LogP contribution in [-0.2, 0) is 4.79 Å². The Hall–Kier alpha value is -1.62. The summed E-state index contributed by atoms with van der Waals surface area (Å²) in [6.07, 6.45) is 3.40. The van der Waals surface area contributed by atoms with Gasteiger partial charge in [0.2, 0.25) is 0 Å². The average molecular weight is 295 g/mol. The van der Waals surface area contributed by atoms with Crippen LogP contribution in [0.5, 0.6) is 5.75 Å². The number of carbonyl (C=O) groups is 1. The highest BCUT2D eigenvalue weighted by Crippen LogP contribution is 2.31. The molecule has 0 unspecified atom stereocenters. The zero-order valence-electron chi connectivity index (χ0n) is 12.3. The second-order valence-corrected chi connectivity index (χ2v) is 5.93. The van der Waals surface area contributed by atoms with E-state index in [1.54, 1.807) is 0 Å². The first-order chi connectivity index (χ1) is 9.97. The second-order valence-electron chi connectivity index (χ2n) is 5.93. The van der Waals surface area contributed by atoms with Gasteiger partial charge in [0, 0.05) is 6.54 Å². The van der Waals surface area contributed by atoms with Crippen molar-refractivity contribution in [2.45, 2.75) is 38.2 Å². The molecule has 0 aliphatic heterocycles. The number of hydrogen-bond acceptors (Lipinski definition) is 3. The van der Waals surface area contributed by atoms with Crippen LogP contribution >= 0.6 is 0 Å². The molecule has 4 nitrogen and oxygen atoms in total. The van der Waals surface area contributed by atoms with Crippen molar-refractivity contribution in [3.63, 3.8) is 0 Å². The van der Waals surface area contributed by atoms with Gasteiger partial charge in [-0.05, 0) is 55.9 Å². The van der Waals surface area contributed by atoms with Crippen LogP contribution < -0.4 is 10.1 Å². The lowest BCUT2D eigenvalue weighted by atomic mass is 9.79. The molecule has 21 heavy (non-hydrogen) atoms. The maximum atomic E-state index is 12.7. The van der Waals surface area contributed by atoms with Crippen LogP contribution in [0.2, 0.25) is 0 Å². The van der Waals surface area contributed by atoms with Gasteiger partial charge in [-0.15, -0.1) is 0 Å². The third-order valence-electron chi connectivity index (χ3n) is 4.00. The van der Waals surface area contributed by atoms with Crippen LogP contribution in [0.4, 0.5) is 4.39 Å². The molecule has 1 saturated carbocycles. The van der Waals surface area contributed by atoms with Crippen molar-refractivity contribution < 1.29 is 19.0 Å². The summed E-state index contributed by atoms with van der Waals surface area (Å²) in [6, 6.07) is 5.50. The Morgan fingerprint density at radius 1 is 1.38 bits per heavy atom. The molecule has 0 atom stereocenters. The van der Waals surface area contributed by atoms with Crippen molar-refractivity contribution in [3.05, 3.63) is 30.1 Å². The quantitative estimate of drug-likeness (QED) is 0.876. The van der Waals surface area contributed by atoms with E-state index in [1.807, 2.05) is 0 Å². The number of carbonyl (C=O) groups excluding carboxylic acids is 1. The molecule has 1 aromatic rings. The summed E-state index contributed by atoms with van der Waals surface area (Å²) in [6.45, 7) is 2.29. The summed E-state index contributed by atoms with van der Waals surface area (Å²) >= 11 is 0. The highest BCUT2D eigenvalue weighted by molar-refractivity contribution is 5.77. The smallest absolute Gasteiger partial charge is 0.258 e. The normalized spacial score (nSPS) is 25.4. The van der Waals surface area contributed by atoms with Gasteiger partial charge in [0.1, 0.15) is 11.6 Å². The molecule has 116 valence electrons. The summed E-state index contributed by atoms with van der Waals surface area (Å²) in [5, 5.41) is 13.1. The fourth-order valence-corrected chi connectivity index (χ4v) is 2.47. The first kappa shape index (κ1) is 15.8. The van der Waals surface area contributed by atoms with Gasteiger partial charge in [0.05, 0.1) is 5.60 Å². The van der Waals surface area contributed by atoms with Crippen LogP contribution in [0.3, 0.4) is 0 Å². The monoisotopic (exact) mass is 295 g/mol. The lowest BCUT2D eigenvalue weighted by molar-refractivity contribution is -0.124. The SMILES string of the molecule is CC1CCC(O)(CNC(=O)COc2ccc(F)cc2)CC1. The van der Waals surface area contributed by atoms with E-state index in [-0.39, 0.29) is 24.9 Å². The highest BCUT2D eigenvalue weighted by Gasteiger charge is 2.31. The summed E-state index contributed by atoms with van der Waals surface area (Å²) in [7, 11) is 0. The third kappa shape index (κ3) is 5.01. The maximum Gasteiger partial charge on any atom is 0.258 e. The molecule has 1 aliphatic rings. The number of benzene rings is 1. The van der Waals surface area contributed by atoms with Gasteiger partial charge in [-0.25, -0.2) is 4.39 Å². The number of halogens is 1. The van der Waals surface area contributed by atoms with Crippen molar-refractivity contribution in [3.8, 4) is 5.75 Å². The first-order valence-electron chi connectivity index (χ1n) is 7.34. The predicted molar refractivity (Wildman–Crippen MR) is 77.5 cm³/mol. The third-order valence-corrected chi connectivity index (χ3v) is 4.00. The molecule has 0 spiro atoms. The molecule has 1 aromatic carbocycles. The fourth-order valence-electron chi connectivity index (χ4n) is 2.47. The summed E-state index contributed by atoms with van der Waals surface area (Å²) in [5.74, 6) is 0.450. The van der Waals surface area contributed by atoms with Gasteiger partial charge in [0.25, 0.3) is 5.91 Å². The van der Waals surface area contributed by atoms with Gasteiger partial charge >= 0.3 is 0 Å². The summed E-state index contributed by atoms with van der Waals surface area (Å²) in [5.41, 5.74) is -0.794. The van der Waals surface area contributed by atoms with Crippen molar-refractivity contribution in [2.75, 3.05) is 13.2 Å². The Balaban J connectivity index is 1.71. The fraction of sp³-hybridized carbons (Fsp3) is 0.562. The van der Waals surface area contributed by atoms with Gasteiger partial charge in [0.15, 0.2) is 6.61 Å². The molecule has 0 bridgehead atoms. The van der Waals surface area contributed by atoms with Crippen molar-refractivity contribution in [1.82, 2.24) is 5.32 Å². The number of amides is 1. The molecule has 0 radical (unpaired) electrons. The number of aliphatic hydroxyl groups is 1. The first-order valence-corrected chi connectivity index (χ1v) is 7.34. The number of nitrogens with one attached hydrogen (secondary N) is 1. The predicted octanol–water partition coefficient (Wildman–Crippen LogP) is 2.26. The standard InChI is InChI=1S/C16H22FNO3/c1-12-6-8-16(20,9-7-12)11-18-15(19)10-21-14-4-2-13(17)3-5-14/h2-5,12,20H,6-11H2,1H3,(H,18,19). The van der Waals surface area contributed by atoms with E-state index in [9.17, 15) is 14.3 Å². The summed E-state index contributed by atoms with van der Waals surface area (Å²) in [4.78, 5) is 11.7. The molecule has 1 amide bonds. The van der Waals surface area contributed by atoms with E-state index < -0.39 is 5.60 Å². The largest absolute Gasteiger partial charge is 0.484 e. The second kappa shape index (κ2) is 6.89. The minimum Gasteiger partial charge on any atom is -0.484 e. The molecule has 2 N–H and O–H groups in total. The average Bonchev–Trinajstić information content (AvgIpc) is 2.48. The lowest BCUT2D eigenvalue weighted by Crippen LogP contribution is -2.46. The molecule has 0 heterocycles. The van der Waals surface area contributed by atoms with E-state index >= 15 is 0 Å². The van der Waals surface area contributed by atoms with E-state index in [2.05, 4.69) is 12.2 Å². The maximum absolute atomic E-state index is 12.7. The highest BCUT2D eigenvalue weighted by atomic mass is 19.1. The number of rotatable bonds is 5. The molecule has 2 rings (SSSR count). The molecule has 0 saturated heterocycles. The Kier molecular flexibility index (Phi) is 5.17. The van der Waals surface area contributed by atoms with Crippen molar-refractivity contribution >= 4 is 5.91 Å². The van der Waals surface area contributed by atoms with Crippen LogP contribution in [0.25, 0.3) is 0 Å². The van der Waals surface area contributed by atoms with Crippen LogP contribution in [-0.4, -0.2) is 29.8 Å².